The summed E-state index contributed by atoms with van der Waals surface area (Å²) in [4.78, 5) is 14.5. The van der Waals surface area contributed by atoms with Gasteiger partial charge in [0.15, 0.2) is 0 Å². The van der Waals surface area contributed by atoms with E-state index >= 15 is 0 Å². The summed E-state index contributed by atoms with van der Waals surface area (Å²) >= 11 is 0. The number of esters is 1. The maximum atomic E-state index is 12.3. The standard InChI is InChI=1S/C9H10F2N2O2/c1-15-7(14)3-5-2-6(8(10)11)4-13-9(5)12/h2,4,8H,3H2,1H3,(H2,12,13). The van der Waals surface area contributed by atoms with Crippen molar-refractivity contribution >= 4 is 11.8 Å². The quantitative estimate of drug-likeness (QED) is 0.774. The summed E-state index contributed by atoms with van der Waals surface area (Å²) in [5.41, 5.74) is 5.42. The van der Waals surface area contributed by atoms with Gasteiger partial charge in [-0.1, -0.05) is 0 Å². The molecule has 1 aromatic rings. The zero-order chi connectivity index (χ0) is 11.4. The predicted molar refractivity (Wildman–Crippen MR) is 49.3 cm³/mol. The molecule has 1 aromatic heterocycles. The SMILES string of the molecule is COC(=O)Cc1cc(C(F)F)cnc1N. The Kier molecular flexibility index (Phi) is 3.54. The first-order chi connectivity index (χ1) is 7.04. The fourth-order valence-corrected chi connectivity index (χ4v) is 1.03. The van der Waals surface area contributed by atoms with Crippen LogP contribution in [0.25, 0.3) is 0 Å². The number of halogens is 2. The summed E-state index contributed by atoms with van der Waals surface area (Å²) in [7, 11) is 1.21. The van der Waals surface area contributed by atoms with Crippen molar-refractivity contribution in [2.24, 2.45) is 0 Å². The van der Waals surface area contributed by atoms with Gasteiger partial charge in [-0.2, -0.15) is 0 Å². The molecule has 0 saturated carbocycles. The number of carbonyl (C=O) groups is 1. The second-order valence-corrected chi connectivity index (χ2v) is 2.87. The molecule has 1 rings (SSSR count). The zero-order valence-electron chi connectivity index (χ0n) is 8.04. The van der Waals surface area contributed by atoms with Gasteiger partial charge in [0, 0.05) is 17.3 Å². The highest BCUT2D eigenvalue weighted by atomic mass is 19.3. The molecule has 2 N–H and O–H groups in total. The topological polar surface area (TPSA) is 65.2 Å². The molecule has 0 bridgehead atoms. The minimum absolute atomic E-state index is 0.0600. The number of ether oxygens (including phenoxy) is 1. The number of rotatable bonds is 3. The summed E-state index contributed by atoms with van der Waals surface area (Å²) in [6, 6.07) is 1.16. The van der Waals surface area contributed by atoms with Gasteiger partial charge in [0.25, 0.3) is 6.43 Å². The minimum Gasteiger partial charge on any atom is -0.469 e. The van der Waals surface area contributed by atoms with E-state index in [9.17, 15) is 13.6 Å². The molecule has 0 saturated heterocycles. The normalized spacial score (nSPS) is 10.4. The molecule has 4 nitrogen and oxygen atoms in total. The fraction of sp³-hybridized carbons (Fsp3) is 0.333. The molecule has 0 aliphatic heterocycles. The number of aromatic nitrogens is 1. The molecule has 0 amide bonds. The van der Waals surface area contributed by atoms with Gasteiger partial charge in [0.2, 0.25) is 0 Å². The number of hydrogen-bond acceptors (Lipinski definition) is 4. The second-order valence-electron chi connectivity index (χ2n) is 2.87. The molecule has 15 heavy (non-hydrogen) atoms. The molecular formula is C9H10F2N2O2. The predicted octanol–water partition coefficient (Wildman–Crippen LogP) is 1.32. The number of nitrogens with zero attached hydrogens (tertiary/aromatic N) is 1. The first-order valence-electron chi connectivity index (χ1n) is 4.14. The summed E-state index contributed by atoms with van der Waals surface area (Å²) in [5, 5.41) is 0. The Morgan fingerprint density at radius 1 is 1.67 bits per heavy atom. The van der Waals surface area contributed by atoms with Crippen LogP contribution in [0.15, 0.2) is 12.3 Å². The highest BCUT2D eigenvalue weighted by Gasteiger charge is 2.13. The highest BCUT2D eigenvalue weighted by Crippen LogP contribution is 2.21. The van der Waals surface area contributed by atoms with Crippen molar-refractivity contribution in [3.8, 4) is 0 Å². The van der Waals surface area contributed by atoms with Gasteiger partial charge in [0.05, 0.1) is 13.5 Å². The average Bonchev–Trinajstić information content (AvgIpc) is 2.20. The molecule has 0 unspecified atom stereocenters. The fourth-order valence-electron chi connectivity index (χ4n) is 1.03. The Morgan fingerprint density at radius 3 is 2.87 bits per heavy atom. The molecule has 1 heterocycles. The van der Waals surface area contributed by atoms with Crippen LogP contribution in [0, 0.1) is 0 Å². The van der Waals surface area contributed by atoms with Gasteiger partial charge < -0.3 is 10.5 Å². The number of nitrogens with two attached hydrogens (primary N) is 1. The largest absolute Gasteiger partial charge is 0.469 e. The van der Waals surface area contributed by atoms with Gasteiger partial charge in [-0.05, 0) is 6.07 Å². The Morgan fingerprint density at radius 2 is 2.33 bits per heavy atom. The van der Waals surface area contributed by atoms with Crippen LogP contribution in [0.4, 0.5) is 14.6 Å². The molecule has 0 aromatic carbocycles. The van der Waals surface area contributed by atoms with Crippen LogP contribution in [0.3, 0.4) is 0 Å². The summed E-state index contributed by atoms with van der Waals surface area (Å²) in [6.07, 6.45) is -1.80. The van der Waals surface area contributed by atoms with Crippen molar-refractivity contribution < 1.29 is 18.3 Å². The molecule has 0 radical (unpaired) electrons. The number of nitrogen functional groups attached to an aromatic ring is 1. The average molecular weight is 216 g/mol. The van der Waals surface area contributed by atoms with Crippen LogP contribution >= 0.6 is 0 Å². The summed E-state index contributed by atoms with van der Waals surface area (Å²) < 4.78 is 29.0. The number of methoxy groups -OCH3 is 1. The van der Waals surface area contributed by atoms with Crippen LogP contribution in [0.2, 0.25) is 0 Å². The van der Waals surface area contributed by atoms with E-state index in [1.54, 1.807) is 0 Å². The lowest BCUT2D eigenvalue weighted by Crippen LogP contribution is -2.08. The maximum Gasteiger partial charge on any atom is 0.310 e. The maximum absolute atomic E-state index is 12.3. The Hall–Kier alpha value is -1.72. The molecule has 0 atom stereocenters. The third-order valence-corrected chi connectivity index (χ3v) is 1.84. The molecule has 0 aliphatic carbocycles. The van der Waals surface area contributed by atoms with E-state index in [1.165, 1.54) is 7.11 Å². The van der Waals surface area contributed by atoms with Gasteiger partial charge in [-0.25, -0.2) is 13.8 Å². The van der Waals surface area contributed by atoms with Gasteiger partial charge in [-0.3, -0.25) is 4.79 Å². The molecular weight excluding hydrogens is 206 g/mol. The van der Waals surface area contributed by atoms with Gasteiger partial charge >= 0.3 is 5.97 Å². The van der Waals surface area contributed by atoms with Crippen molar-refractivity contribution in [1.29, 1.82) is 0 Å². The molecule has 82 valence electrons. The van der Waals surface area contributed by atoms with E-state index in [0.29, 0.717) is 0 Å². The number of hydrogen-bond donors (Lipinski definition) is 1. The van der Waals surface area contributed by atoms with E-state index in [4.69, 9.17) is 5.73 Å². The van der Waals surface area contributed by atoms with Crippen molar-refractivity contribution in [2.75, 3.05) is 12.8 Å². The van der Waals surface area contributed by atoms with Crippen molar-refractivity contribution in [1.82, 2.24) is 4.98 Å². The number of pyridine rings is 1. The van der Waals surface area contributed by atoms with E-state index in [-0.39, 0.29) is 23.4 Å². The lowest BCUT2D eigenvalue weighted by molar-refractivity contribution is -0.139. The molecule has 0 fully saturated rings. The van der Waals surface area contributed by atoms with Gasteiger partial charge in [0.1, 0.15) is 5.82 Å². The van der Waals surface area contributed by atoms with E-state index in [2.05, 4.69) is 9.72 Å². The van der Waals surface area contributed by atoms with Crippen molar-refractivity contribution in [3.63, 3.8) is 0 Å². The van der Waals surface area contributed by atoms with Crippen molar-refractivity contribution in [2.45, 2.75) is 12.8 Å². The van der Waals surface area contributed by atoms with Crippen LogP contribution in [0.5, 0.6) is 0 Å². The Bertz CT molecular complexity index is 369. The second kappa shape index (κ2) is 4.68. The van der Waals surface area contributed by atoms with Gasteiger partial charge in [-0.15, -0.1) is 0 Å². The van der Waals surface area contributed by atoms with Crippen LogP contribution < -0.4 is 5.73 Å². The first kappa shape index (κ1) is 11.4. The Labute approximate surface area is 85.1 Å². The van der Waals surface area contributed by atoms with E-state index in [1.807, 2.05) is 0 Å². The highest BCUT2D eigenvalue weighted by molar-refractivity contribution is 5.74. The molecule has 0 spiro atoms. The third-order valence-electron chi connectivity index (χ3n) is 1.84. The first-order valence-corrected chi connectivity index (χ1v) is 4.14. The van der Waals surface area contributed by atoms with Crippen LogP contribution in [-0.4, -0.2) is 18.1 Å². The van der Waals surface area contributed by atoms with Crippen molar-refractivity contribution in [3.05, 3.63) is 23.4 Å². The molecule has 6 heteroatoms. The minimum atomic E-state index is -2.63. The zero-order valence-corrected chi connectivity index (χ0v) is 8.04. The number of carbonyl (C=O) groups excluding carboxylic acids is 1. The third kappa shape index (κ3) is 2.87. The lowest BCUT2D eigenvalue weighted by Gasteiger charge is -2.06. The van der Waals surface area contributed by atoms with E-state index < -0.39 is 12.4 Å². The summed E-state index contributed by atoms with van der Waals surface area (Å²) in [5.74, 6) is -0.486. The van der Waals surface area contributed by atoms with Crippen LogP contribution in [-0.2, 0) is 16.0 Å². The molecule has 0 aliphatic rings. The van der Waals surface area contributed by atoms with Crippen LogP contribution in [0.1, 0.15) is 17.6 Å². The smallest absolute Gasteiger partial charge is 0.310 e. The monoisotopic (exact) mass is 216 g/mol. The lowest BCUT2D eigenvalue weighted by atomic mass is 10.1. The number of anilines is 1. The summed E-state index contributed by atoms with van der Waals surface area (Å²) in [6.45, 7) is 0. The number of alkyl halides is 2. The van der Waals surface area contributed by atoms with E-state index in [0.717, 1.165) is 12.3 Å². The Balaban J connectivity index is 2.95.